The van der Waals surface area contributed by atoms with E-state index in [2.05, 4.69) is 15.9 Å². The molecule has 0 heterocycles. The molecule has 1 aromatic carbocycles. The zero-order valence-electron chi connectivity index (χ0n) is 15.1. The van der Waals surface area contributed by atoms with Crippen LogP contribution in [0.5, 0.6) is 0 Å². The Balaban J connectivity index is 3.42. The summed E-state index contributed by atoms with van der Waals surface area (Å²) < 4.78 is 10.7. The van der Waals surface area contributed by atoms with E-state index in [1.165, 1.54) is 6.07 Å². The molecular weight excluding hydrogens is 433 g/mol. The van der Waals surface area contributed by atoms with E-state index in [1.54, 1.807) is 47.6 Å². The fourth-order valence-electron chi connectivity index (χ4n) is 1.77. The molecule has 0 N–H and O–H groups in total. The fraction of sp³-hybridized carbons (Fsp3) is 0.529. The van der Waals surface area contributed by atoms with Gasteiger partial charge in [0.1, 0.15) is 11.2 Å². The summed E-state index contributed by atoms with van der Waals surface area (Å²) in [7, 11) is 0. The van der Waals surface area contributed by atoms with Crippen molar-refractivity contribution in [2.45, 2.75) is 58.1 Å². The van der Waals surface area contributed by atoms with Crippen LogP contribution >= 0.6 is 39.1 Å². The van der Waals surface area contributed by atoms with E-state index in [9.17, 15) is 9.59 Å². The third kappa shape index (κ3) is 6.35. The van der Waals surface area contributed by atoms with Gasteiger partial charge in [0.2, 0.25) is 0 Å². The first-order valence-electron chi connectivity index (χ1n) is 7.56. The number of hydrogen-bond acceptors (Lipinski definition) is 4. The first-order valence-corrected chi connectivity index (χ1v) is 9.43. The number of imide groups is 1. The van der Waals surface area contributed by atoms with Crippen molar-refractivity contribution in [2.75, 3.05) is 4.90 Å². The minimum Gasteiger partial charge on any atom is -0.443 e. The number of anilines is 1. The van der Waals surface area contributed by atoms with E-state index in [-0.39, 0.29) is 10.7 Å². The average molecular weight is 455 g/mol. The molecule has 0 aromatic heterocycles. The lowest BCUT2D eigenvalue weighted by Gasteiger charge is -2.29. The monoisotopic (exact) mass is 453 g/mol. The van der Waals surface area contributed by atoms with Crippen LogP contribution in [-0.2, 0) is 14.8 Å². The summed E-state index contributed by atoms with van der Waals surface area (Å²) in [4.78, 5) is 26.0. The average Bonchev–Trinajstić information content (AvgIpc) is 2.38. The van der Waals surface area contributed by atoms with Crippen LogP contribution in [0.4, 0.5) is 15.3 Å². The van der Waals surface area contributed by atoms with E-state index >= 15 is 0 Å². The van der Waals surface area contributed by atoms with Crippen LogP contribution in [0.2, 0.25) is 10.0 Å². The number of nitrogens with zero attached hydrogens (tertiary/aromatic N) is 1. The molecule has 2 amide bonds. The van der Waals surface area contributed by atoms with Gasteiger partial charge in [0, 0.05) is 15.9 Å². The molecule has 0 fully saturated rings. The van der Waals surface area contributed by atoms with Crippen molar-refractivity contribution in [2.24, 2.45) is 0 Å². The predicted molar refractivity (Wildman–Crippen MR) is 104 cm³/mol. The quantitative estimate of drug-likeness (QED) is 0.474. The molecule has 1 aromatic rings. The van der Waals surface area contributed by atoms with Gasteiger partial charge < -0.3 is 9.47 Å². The molecule has 0 bridgehead atoms. The topological polar surface area (TPSA) is 55.8 Å². The third-order valence-electron chi connectivity index (χ3n) is 2.69. The van der Waals surface area contributed by atoms with Gasteiger partial charge in [-0.25, -0.2) is 9.59 Å². The maximum Gasteiger partial charge on any atom is 0.424 e. The Morgan fingerprint density at radius 3 is 1.80 bits per heavy atom. The molecule has 0 unspecified atom stereocenters. The number of ether oxygens (including phenoxy) is 2. The molecule has 0 aliphatic carbocycles. The summed E-state index contributed by atoms with van der Waals surface area (Å²) in [5.41, 5.74) is -0.898. The third-order valence-corrected chi connectivity index (χ3v) is 4.03. The molecule has 8 heteroatoms. The summed E-state index contributed by atoms with van der Waals surface area (Å²) in [6, 6.07) is 3.03. The van der Waals surface area contributed by atoms with Crippen molar-refractivity contribution in [1.82, 2.24) is 0 Å². The van der Waals surface area contributed by atoms with Crippen LogP contribution in [0.25, 0.3) is 0 Å². The van der Waals surface area contributed by atoms with Gasteiger partial charge in [-0.2, -0.15) is 4.90 Å². The molecule has 0 saturated carbocycles. The summed E-state index contributed by atoms with van der Waals surface area (Å²) >= 11 is 15.8. The molecule has 0 spiro atoms. The smallest absolute Gasteiger partial charge is 0.424 e. The maximum absolute atomic E-state index is 12.6. The zero-order chi connectivity index (χ0) is 19.6. The van der Waals surface area contributed by atoms with Crippen LogP contribution in [0.3, 0.4) is 0 Å². The van der Waals surface area contributed by atoms with Crippen molar-refractivity contribution in [3.8, 4) is 0 Å². The second-order valence-electron chi connectivity index (χ2n) is 7.29. The molecule has 5 nitrogen and oxygen atoms in total. The Morgan fingerprint density at radius 2 is 1.44 bits per heavy atom. The number of rotatable bonds is 2. The second-order valence-corrected chi connectivity index (χ2v) is 8.63. The normalized spacial score (nSPS) is 11.9. The molecule has 0 aliphatic rings. The molecule has 0 saturated heterocycles. The fourth-order valence-corrected chi connectivity index (χ4v) is 3.26. The summed E-state index contributed by atoms with van der Waals surface area (Å²) in [5.74, 6) is 0. The lowest BCUT2D eigenvalue weighted by Crippen LogP contribution is -2.44. The van der Waals surface area contributed by atoms with Gasteiger partial charge in [-0.1, -0.05) is 39.1 Å². The van der Waals surface area contributed by atoms with E-state index in [0.29, 0.717) is 15.9 Å². The van der Waals surface area contributed by atoms with Crippen LogP contribution < -0.4 is 4.90 Å². The summed E-state index contributed by atoms with van der Waals surface area (Å²) in [5, 5.41) is 0.940. The van der Waals surface area contributed by atoms with Crippen molar-refractivity contribution >= 4 is 57.0 Å². The highest BCUT2D eigenvalue weighted by molar-refractivity contribution is 9.08. The predicted octanol–water partition coefficient (Wildman–Crippen LogP) is 6.56. The molecule has 0 atom stereocenters. The number of carbonyl (C=O) groups is 2. The van der Waals surface area contributed by atoms with Gasteiger partial charge in [0.25, 0.3) is 0 Å². The standard InChI is InChI=1S/C17H22BrCl2NO4/c1-16(2,3)24-14(22)21(15(23)25-17(4,5)6)12-8-7-11(19)10(9-18)13(12)20/h7-8H,9H2,1-6H3. The Labute approximate surface area is 166 Å². The zero-order valence-corrected chi connectivity index (χ0v) is 18.2. The number of amides is 2. The summed E-state index contributed by atoms with van der Waals surface area (Å²) in [6.07, 6.45) is -1.77. The van der Waals surface area contributed by atoms with Crippen molar-refractivity contribution in [3.05, 3.63) is 27.7 Å². The lowest BCUT2D eigenvalue weighted by molar-refractivity contribution is 0.0431. The van der Waals surface area contributed by atoms with Crippen LogP contribution in [0.15, 0.2) is 12.1 Å². The number of alkyl halides is 1. The number of carbonyl (C=O) groups excluding carboxylic acids is 2. The lowest BCUT2D eigenvalue weighted by atomic mass is 10.2. The van der Waals surface area contributed by atoms with Gasteiger partial charge in [0.05, 0.1) is 10.7 Å². The van der Waals surface area contributed by atoms with Crippen molar-refractivity contribution < 1.29 is 19.1 Å². The number of benzene rings is 1. The number of hydrogen-bond donors (Lipinski definition) is 0. The highest BCUT2D eigenvalue weighted by Crippen LogP contribution is 2.36. The molecule has 1 rings (SSSR count). The van der Waals surface area contributed by atoms with Crippen molar-refractivity contribution in [3.63, 3.8) is 0 Å². The Bertz CT molecular complexity index is 638. The second kappa shape index (κ2) is 8.14. The van der Waals surface area contributed by atoms with E-state index in [4.69, 9.17) is 32.7 Å². The number of halogens is 3. The van der Waals surface area contributed by atoms with Gasteiger partial charge in [-0.3, -0.25) is 0 Å². The van der Waals surface area contributed by atoms with Crippen LogP contribution in [0, 0.1) is 0 Å². The van der Waals surface area contributed by atoms with Crippen LogP contribution in [-0.4, -0.2) is 23.4 Å². The van der Waals surface area contributed by atoms with Gasteiger partial charge in [0.15, 0.2) is 0 Å². The highest BCUT2D eigenvalue weighted by atomic mass is 79.9. The minimum atomic E-state index is -0.883. The maximum atomic E-state index is 12.6. The Morgan fingerprint density at radius 1 is 1.00 bits per heavy atom. The van der Waals surface area contributed by atoms with Gasteiger partial charge in [-0.15, -0.1) is 0 Å². The molecule has 25 heavy (non-hydrogen) atoms. The highest BCUT2D eigenvalue weighted by Gasteiger charge is 2.34. The molecule has 0 aliphatic heterocycles. The van der Waals surface area contributed by atoms with E-state index in [1.807, 2.05) is 0 Å². The first kappa shape index (κ1) is 22.1. The van der Waals surface area contributed by atoms with E-state index in [0.717, 1.165) is 4.90 Å². The Hall–Kier alpha value is -0.980. The first-order chi connectivity index (χ1) is 11.3. The SMILES string of the molecule is CC(C)(C)OC(=O)N(C(=O)OC(C)(C)C)c1ccc(Cl)c(CBr)c1Cl. The minimum absolute atomic E-state index is 0.143. The van der Waals surface area contributed by atoms with Crippen molar-refractivity contribution in [1.29, 1.82) is 0 Å². The Kier molecular flexibility index (Phi) is 7.19. The molecular formula is C17H22BrCl2NO4. The van der Waals surface area contributed by atoms with Crippen LogP contribution in [0.1, 0.15) is 47.1 Å². The van der Waals surface area contributed by atoms with Gasteiger partial charge >= 0.3 is 12.2 Å². The molecule has 0 radical (unpaired) electrons. The van der Waals surface area contributed by atoms with Gasteiger partial charge in [-0.05, 0) is 53.7 Å². The van der Waals surface area contributed by atoms with E-state index < -0.39 is 23.4 Å². The largest absolute Gasteiger partial charge is 0.443 e. The molecule has 140 valence electrons. The summed E-state index contributed by atoms with van der Waals surface area (Å²) in [6.45, 7) is 10.2.